The highest BCUT2D eigenvalue weighted by atomic mass is 16.6. The van der Waals surface area contributed by atoms with Crippen LogP contribution in [-0.2, 0) is 35.3 Å². The zero-order chi connectivity index (χ0) is 28.9. The highest BCUT2D eigenvalue weighted by Gasteiger charge is 2.41. The normalized spacial score (nSPS) is 12.6. The predicted molar refractivity (Wildman–Crippen MR) is 149 cm³/mol. The highest BCUT2D eigenvalue weighted by molar-refractivity contribution is 5.88. The molecule has 0 saturated carbocycles. The van der Waals surface area contributed by atoms with Gasteiger partial charge in [-0.3, -0.25) is 4.79 Å². The smallest absolute Gasteiger partial charge is 0.320 e. The molecular weight excluding hydrogens is 484 g/mol. The number of phenols is 2. The molecule has 0 atom stereocenters. The lowest BCUT2D eigenvalue weighted by Crippen LogP contribution is -2.37. The second-order valence-corrected chi connectivity index (χ2v) is 12.1. The van der Waals surface area contributed by atoms with Gasteiger partial charge in [0.15, 0.2) is 0 Å². The minimum absolute atomic E-state index is 0.0441. The fourth-order valence-corrected chi connectivity index (χ4v) is 4.41. The lowest BCUT2D eigenvalue weighted by atomic mass is 9.71. The summed E-state index contributed by atoms with van der Waals surface area (Å²) < 4.78 is 16.4. The van der Waals surface area contributed by atoms with Gasteiger partial charge >= 0.3 is 5.97 Å². The van der Waals surface area contributed by atoms with Crippen molar-refractivity contribution in [3.05, 3.63) is 57.6 Å². The Morgan fingerprint density at radius 3 is 1.47 bits per heavy atom. The van der Waals surface area contributed by atoms with Gasteiger partial charge in [-0.05, 0) is 65.0 Å². The van der Waals surface area contributed by atoms with E-state index in [0.29, 0.717) is 35.5 Å². The zero-order valence-electron chi connectivity index (χ0n) is 24.5. The second kappa shape index (κ2) is 12.5. The number of benzene rings is 2. The minimum atomic E-state index is -1.22. The number of carbonyl (C=O) groups excluding carboxylic acids is 1. The predicted octanol–water partition coefficient (Wildman–Crippen LogP) is 5.18. The van der Waals surface area contributed by atoms with Crippen LogP contribution >= 0.6 is 0 Å². The first kappa shape index (κ1) is 31.6. The van der Waals surface area contributed by atoms with Crippen molar-refractivity contribution in [1.82, 2.24) is 0 Å². The van der Waals surface area contributed by atoms with Crippen molar-refractivity contribution in [3.63, 3.8) is 0 Å². The molecule has 0 bridgehead atoms. The van der Waals surface area contributed by atoms with Crippen LogP contribution in [0.25, 0.3) is 0 Å². The van der Waals surface area contributed by atoms with Gasteiger partial charge in [0.1, 0.15) is 23.5 Å². The maximum Gasteiger partial charge on any atom is 0.320 e. The molecule has 0 radical (unpaired) electrons. The Kier molecular flexibility index (Phi) is 10.4. The molecule has 0 heterocycles. The fourth-order valence-electron chi connectivity index (χ4n) is 4.41. The van der Waals surface area contributed by atoms with Crippen molar-refractivity contribution in [2.45, 2.75) is 78.6 Å². The molecule has 0 aliphatic heterocycles. The van der Waals surface area contributed by atoms with E-state index in [1.54, 1.807) is 0 Å². The summed E-state index contributed by atoms with van der Waals surface area (Å²) >= 11 is 0. The van der Waals surface area contributed by atoms with E-state index in [1.165, 1.54) is 0 Å². The summed E-state index contributed by atoms with van der Waals surface area (Å²) in [6.07, 6.45) is 0. The Morgan fingerprint density at radius 1 is 0.684 bits per heavy atom. The molecule has 0 amide bonds. The topological polar surface area (TPSA) is 105 Å². The number of hydrogen-bond acceptors (Lipinski definition) is 7. The Labute approximate surface area is 227 Å². The summed E-state index contributed by atoms with van der Waals surface area (Å²) in [4.78, 5) is 13.9. The van der Waals surface area contributed by atoms with E-state index >= 15 is 0 Å². The van der Waals surface area contributed by atoms with Crippen molar-refractivity contribution >= 4 is 5.97 Å². The van der Waals surface area contributed by atoms with Crippen molar-refractivity contribution in [3.8, 4) is 11.5 Å². The first-order valence-electron chi connectivity index (χ1n) is 13.2. The number of hydrogen-bond donors (Lipinski definition) is 3. The van der Waals surface area contributed by atoms with Gasteiger partial charge in [0.25, 0.3) is 0 Å². The standard InChI is InChI=1S/C31H46O7/c1-20-16-22(18-24(26(20)33)29(3,4)5)31(9,28(35)38-15-14-37-13-12-36-11-10-32)23-17-21(2)27(34)25(19-23)30(6,7)8/h16-19,32-34H,10-15H2,1-9H3. The number of aliphatic hydroxyl groups is 1. The van der Waals surface area contributed by atoms with Crippen molar-refractivity contribution in [2.75, 3.05) is 39.6 Å². The molecule has 0 unspecified atom stereocenters. The molecule has 2 aromatic rings. The van der Waals surface area contributed by atoms with Crippen molar-refractivity contribution in [2.24, 2.45) is 0 Å². The van der Waals surface area contributed by atoms with E-state index in [1.807, 2.05) is 86.6 Å². The molecule has 2 aromatic carbocycles. The Morgan fingerprint density at radius 2 is 1.08 bits per heavy atom. The SMILES string of the molecule is Cc1cc(C(C)(C(=O)OCCOCCOCCO)c2cc(C)c(O)c(C(C)(C)C)c2)cc(C(C)(C)C)c1O. The Bertz CT molecular complexity index is 1040. The second-order valence-electron chi connectivity index (χ2n) is 12.1. The van der Waals surface area contributed by atoms with Crippen molar-refractivity contribution in [1.29, 1.82) is 0 Å². The average Bonchev–Trinajstić information content (AvgIpc) is 2.81. The van der Waals surface area contributed by atoms with Gasteiger partial charge in [0.2, 0.25) is 0 Å². The third-order valence-electron chi connectivity index (χ3n) is 6.85. The van der Waals surface area contributed by atoms with E-state index < -0.39 is 11.4 Å². The Hall–Kier alpha value is -2.61. The largest absolute Gasteiger partial charge is 0.507 e. The van der Waals surface area contributed by atoms with E-state index in [0.717, 1.165) is 11.1 Å². The zero-order valence-corrected chi connectivity index (χ0v) is 24.5. The maximum absolute atomic E-state index is 13.9. The van der Waals surface area contributed by atoms with Gasteiger partial charge in [0.05, 0.1) is 33.0 Å². The van der Waals surface area contributed by atoms with Crippen molar-refractivity contribution < 1.29 is 34.3 Å². The van der Waals surface area contributed by atoms with Crippen LogP contribution in [0.15, 0.2) is 24.3 Å². The van der Waals surface area contributed by atoms with E-state index in [4.69, 9.17) is 19.3 Å². The summed E-state index contributed by atoms with van der Waals surface area (Å²) in [6.45, 7) is 18.7. The van der Waals surface area contributed by atoms with E-state index in [-0.39, 0.29) is 48.8 Å². The molecule has 0 fully saturated rings. The minimum Gasteiger partial charge on any atom is -0.507 e. The van der Waals surface area contributed by atoms with Gasteiger partial charge in [-0.25, -0.2) is 0 Å². The monoisotopic (exact) mass is 530 g/mol. The lowest BCUT2D eigenvalue weighted by Gasteiger charge is -2.33. The lowest BCUT2D eigenvalue weighted by molar-refractivity contribution is -0.150. The molecule has 7 nitrogen and oxygen atoms in total. The molecule has 0 saturated heterocycles. The summed E-state index contributed by atoms with van der Waals surface area (Å²) in [5, 5.41) is 30.5. The van der Waals surface area contributed by atoms with E-state index in [2.05, 4.69) is 0 Å². The van der Waals surface area contributed by atoms with E-state index in [9.17, 15) is 15.0 Å². The average molecular weight is 531 g/mol. The van der Waals surface area contributed by atoms with Gasteiger partial charge in [0, 0.05) is 0 Å². The number of ether oxygens (including phenoxy) is 3. The van der Waals surface area contributed by atoms with Crippen LogP contribution in [0.3, 0.4) is 0 Å². The molecule has 0 aliphatic rings. The number of aromatic hydroxyl groups is 2. The van der Waals surface area contributed by atoms with Gasteiger partial charge < -0.3 is 29.5 Å². The van der Waals surface area contributed by atoms with Crippen LogP contribution in [0.5, 0.6) is 11.5 Å². The molecule has 0 aliphatic carbocycles. The molecule has 2 rings (SSSR count). The Balaban J connectivity index is 2.56. The van der Waals surface area contributed by atoms with Crippen LogP contribution < -0.4 is 0 Å². The summed E-state index contributed by atoms with van der Waals surface area (Å²) in [6, 6.07) is 7.44. The quantitative estimate of drug-likeness (QED) is 0.271. The first-order chi connectivity index (χ1) is 17.5. The van der Waals surface area contributed by atoms with Crippen LogP contribution in [-0.4, -0.2) is 60.9 Å². The number of esters is 1. The molecule has 212 valence electrons. The summed E-state index contributed by atoms with van der Waals surface area (Å²) in [7, 11) is 0. The molecule has 0 aromatic heterocycles. The molecule has 0 spiro atoms. The van der Waals surface area contributed by atoms with Crippen LogP contribution in [0.1, 0.15) is 81.8 Å². The number of aryl methyl sites for hydroxylation is 2. The van der Waals surface area contributed by atoms with Crippen LogP contribution in [0.2, 0.25) is 0 Å². The molecule has 7 heteroatoms. The summed E-state index contributed by atoms with van der Waals surface area (Å²) in [5.41, 5.74) is 2.28. The fraction of sp³-hybridized carbons (Fsp3) is 0.581. The third-order valence-corrected chi connectivity index (χ3v) is 6.85. The molecular formula is C31H46O7. The van der Waals surface area contributed by atoms with Crippen LogP contribution in [0.4, 0.5) is 0 Å². The molecule has 38 heavy (non-hydrogen) atoms. The van der Waals surface area contributed by atoms with Gasteiger partial charge in [-0.2, -0.15) is 0 Å². The first-order valence-corrected chi connectivity index (χ1v) is 13.2. The van der Waals surface area contributed by atoms with Gasteiger partial charge in [-0.1, -0.05) is 65.8 Å². The molecule has 3 N–H and O–H groups in total. The number of rotatable bonds is 11. The third kappa shape index (κ3) is 7.28. The number of carbonyl (C=O) groups is 1. The van der Waals surface area contributed by atoms with Crippen LogP contribution in [0, 0.1) is 13.8 Å². The summed E-state index contributed by atoms with van der Waals surface area (Å²) in [5.74, 6) is -0.0235. The van der Waals surface area contributed by atoms with Gasteiger partial charge in [-0.15, -0.1) is 0 Å². The number of phenolic OH excluding ortho intramolecular Hbond substituents is 2. The maximum atomic E-state index is 13.9. The number of aliphatic hydroxyl groups excluding tert-OH is 1. The highest BCUT2D eigenvalue weighted by Crippen LogP contribution is 2.43.